The molecule has 186 valence electrons. The number of hydrogen-bond donors (Lipinski definition) is 1. The normalized spacial score (nSPS) is 11.4. The van der Waals surface area contributed by atoms with Crippen molar-refractivity contribution in [3.63, 3.8) is 0 Å². The van der Waals surface area contributed by atoms with Crippen LogP contribution in [0.4, 0.5) is 17.1 Å². The number of carbonyl (C=O) groups is 1. The van der Waals surface area contributed by atoms with Crippen molar-refractivity contribution >= 4 is 62.0 Å². The van der Waals surface area contributed by atoms with Crippen LogP contribution < -0.4 is 4.90 Å². The topological polar surface area (TPSA) is 64.3 Å². The number of thiophene rings is 1. The zero-order chi connectivity index (χ0) is 26.8. The molecule has 0 aliphatic heterocycles. The molecule has 39 heavy (non-hydrogen) atoms. The summed E-state index contributed by atoms with van der Waals surface area (Å²) in [5.74, 6) is -1.22. The summed E-state index contributed by atoms with van der Waals surface area (Å²) >= 11 is 1.45. The van der Waals surface area contributed by atoms with Crippen molar-refractivity contribution in [1.29, 1.82) is 5.26 Å². The minimum absolute atomic E-state index is 0.278. The summed E-state index contributed by atoms with van der Waals surface area (Å²) in [6.45, 7) is 0. The Kier molecular flexibility index (Phi) is 6.38. The van der Waals surface area contributed by atoms with Crippen molar-refractivity contribution in [3.8, 4) is 16.5 Å². The molecule has 0 spiro atoms. The molecule has 0 saturated heterocycles. The molecule has 0 aliphatic carbocycles. The van der Waals surface area contributed by atoms with E-state index in [2.05, 4.69) is 114 Å². The zero-order valence-electron chi connectivity index (χ0n) is 20.8. The summed E-state index contributed by atoms with van der Waals surface area (Å²) in [5.41, 5.74) is 3.96. The fourth-order valence-corrected chi connectivity index (χ4v) is 5.82. The van der Waals surface area contributed by atoms with Crippen LogP contribution >= 0.6 is 11.3 Å². The SMILES string of the molecule is N#C/C(=C\c1ccc(-c2ccc(N(c3cccc4ccccc34)c3cccc4ccccc34)cc2)s1)C(=O)O. The molecule has 0 unspecified atom stereocenters. The van der Waals surface area contributed by atoms with E-state index in [1.807, 2.05) is 12.1 Å². The van der Waals surface area contributed by atoms with Gasteiger partial charge in [0.15, 0.2) is 0 Å². The van der Waals surface area contributed by atoms with E-state index in [0.29, 0.717) is 0 Å². The number of benzene rings is 5. The van der Waals surface area contributed by atoms with Gasteiger partial charge in [0, 0.05) is 26.2 Å². The number of hydrogen-bond acceptors (Lipinski definition) is 4. The van der Waals surface area contributed by atoms with Gasteiger partial charge in [-0.3, -0.25) is 0 Å². The highest BCUT2D eigenvalue weighted by Gasteiger charge is 2.18. The third-order valence-corrected chi connectivity index (χ3v) is 7.77. The van der Waals surface area contributed by atoms with Crippen molar-refractivity contribution < 1.29 is 9.90 Å². The monoisotopic (exact) mass is 522 g/mol. The van der Waals surface area contributed by atoms with Crippen molar-refractivity contribution in [2.75, 3.05) is 4.90 Å². The number of nitriles is 1. The first-order valence-electron chi connectivity index (χ1n) is 12.4. The number of carboxylic acid groups (broad SMARTS) is 1. The van der Waals surface area contributed by atoms with Gasteiger partial charge in [-0.15, -0.1) is 11.3 Å². The molecule has 4 nitrogen and oxygen atoms in total. The van der Waals surface area contributed by atoms with Gasteiger partial charge in [0.05, 0.1) is 11.4 Å². The highest BCUT2D eigenvalue weighted by molar-refractivity contribution is 7.16. The minimum Gasteiger partial charge on any atom is -0.477 e. The van der Waals surface area contributed by atoms with Crippen LogP contribution in [0.2, 0.25) is 0 Å². The van der Waals surface area contributed by atoms with Crippen LogP contribution in [0.25, 0.3) is 38.1 Å². The standard InChI is InChI=1S/C34H22N2O2S/c35-22-26(34(37)38)21-28-19-20-33(39-28)25-15-17-27(18-16-25)36(31-13-5-9-23-7-1-3-11-29(23)31)32-14-6-10-24-8-2-4-12-30(24)32/h1-21H,(H,37,38)/b26-21+. The number of fused-ring (bicyclic) bond motifs is 2. The molecule has 6 aromatic rings. The van der Waals surface area contributed by atoms with E-state index >= 15 is 0 Å². The Morgan fingerprint density at radius 2 is 1.28 bits per heavy atom. The van der Waals surface area contributed by atoms with E-state index in [4.69, 9.17) is 5.26 Å². The van der Waals surface area contributed by atoms with Crippen molar-refractivity contribution in [2.45, 2.75) is 0 Å². The second kappa shape index (κ2) is 10.3. The molecule has 0 atom stereocenters. The summed E-state index contributed by atoms with van der Waals surface area (Å²) in [5, 5.41) is 22.9. The largest absolute Gasteiger partial charge is 0.477 e. The highest BCUT2D eigenvalue weighted by Crippen LogP contribution is 2.42. The summed E-state index contributed by atoms with van der Waals surface area (Å²) in [6.07, 6.45) is 1.41. The van der Waals surface area contributed by atoms with Crippen LogP contribution in [0.1, 0.15) is 4.88 Å². The summed E-state index contributed by atoms with van der Waals surface area (Å²) < 4.78 is 0. The lowest BCUT2D eigenvalue weighted by Gasteiger charge is -2.28. The third kappa shape index (κ3) is 4.66. The van der Waals surface area contributed by atoms with Gasteiger partial charge in [-0.1, -0.05) is 84.9 Å². The number of rotatable bonds is 6. The van der Waals surface area contributed by atoms with E-state index in [9.17, 15) is 9.90 Å². The predicted octanol–water partition coefficient (Wildman–Crippen LogP) is 9.18. The van der Waals surface area contributed by atoms with Gasteiger partial charge in [0.1, 0.15) is 11.6 Å². The van der Waals surface area contributed by atoms with Gasteiger partial charge in [-0.25, -0.2) is 4.79 Å². The molecule has 0 radical (unpaired) electrons. The number of anilines is 3. The van der Waals surface area contributed by atoms with Crippen LogP contribution in [0, 0.1) is 11.3 Å². The first-order chi connectivity index (χ1) is 19.1. The summed E-state index contributed by atoms with van der Waals surface area (Å²) in [6, 6.07) is 43.5. The van der Waals surface area contributed by atoms with Crippen LogP contribution in [-0.2, 0) is 4.79 Å². The molecular formula is C34H22N2O2S. The molecule has 5 heteroatoms. The fourth-order valence-electron chi connectivity index (χ4n) is 4.86. The van der Waals surface area contributed by atoms with Gasteiger partial charge < -0.3 is 10.0 Å². The van der Waals surface area contributed by atoms with Gasteiger partial charge in [-0.2, -0.15) is 5.26 Å². The molecule has 0 saturated carbocycles. The maximum Gasteiger partial charge on any atom is 0.346 e. The summed E-state index contributed by atoms with van der Waals surface area (Å²) in [7, 11) is 0. The molecule has 1 N–H and O–H groups in total. The Bertz CT molecular complexity index is 1820. The first kappa shape index (κ1) is 24.2. The Hall–Kier alpha value is -5.18. The van der Waals surface area contributed by atoms with Crippen LogP contribution in [0.15, 0.2) is 127 Å². The predicted molar refractivity (Wildman–Crippen MR) is 161 cm³/mol. The second-order valence-corrected chi connectivity index (χ2v) is 10.2. The Balaban J connectivity index is 1.47. The molecule has 0 aliphatic rings. The lowest BCUT2D eigenvalue weighted by Crippen LogP contribution is -2.11. The smallest absolute Gasteiger partial charge is 0.346 e. The Labute approximate surface area is 229 Å². The molecule has 1 aromatic heterocycles. The molecule has 5 aromatic carbocycles. The van der Waals surface area contributed by atoms with E-state index in [-0.39, 0.29) is 5.57 Å². The molecule has 0 amide bonds. The maximum atomic E-state index is 11.2. The number of aliphatic carboxylic acids is 1. The van der Waals surface area contributed by atoms with Gasteiger partial charge >= 0.3 is 5.97 Å². The highest BCUT2D eigenvalue weighted by atomic mass is 32.1. The number of carboxylic acids is 1. The fraction of sp³-hybridized carbons (Fsp3) is 0. The van der Waals surface area contributed by atoms with E-state index in [0.717, 1.165) is 32.4 Å². The van der Waals surface area contributed by atoms with Crippen molar-refractivity contribution in [2.24, 2.45) is 0 Å². The Morgan fingerprint density at radius 1 is 0.718 bits per heavy atom. The average Bonchev–Trinajstić information content (AvgIpc) is 3.45. The molecule has 1 heterocycles. The van der Waals surface area contributed by atoms with Gasteiger partial charge in [0.25, 0.3) is 0 Å². The van der Waals surface area contributed by atoms with Crippen molar-refractivity contribution in [3.05, 3.63) is 132 Å². The van der Waals surface area contributed by atoms with Crippen molar-refractivity contribution in [1.82, 2.24) is 0 Å². The Morgan fingerprint density at radius 3 is 1.85 bits per heavy atom. The van der Waals surface area contributed by atoms with E-state index in [1.165, 1.54) is 39.0 Å². The molecule has 6 rings (SSSR count). The quantitative estimate of drug-likeness (QED) is 0.175. The zero-order valence-corrected chi connectivity index (χ0v) is 21.6. The van der Waals surface area contributed by atoms with E-state index in [1.54, 1.807) is 6.07 Å². The molecule has 0 fully saturated rings. The lowest BCUT2D eigenvalue weighted by molar-refractivity contribution is -0.132. The number of nitrogens with zero attached hydrogens (tertiary/aromatic N) is 2. The third-order valence-electron chi connectivity index (χ3n) is 6.69. The molecular weight excluding hydrogens is 500 g/mol. The molecule has 0 bridgehead atoms. The van der Waals surface area contributed by atoms with Gasteiger partial charge in [0.2, 0.25) is 0 Å². The second-order valence-electron chi connectivity index (χ2n) is 9.06. The lowest BCUT2D eigenvalue weighted by atomic mass is 10.0. The van der Waals surface area contributed by atoms with Crippen LogP contribution in [0.5, 0.6) is 0 Å². The summed E-state index contributed by atoms with van der Waals surface area (Å²) in [4.78, 5) is 15.2. The van der Waals surface area contributed by atoms with E-state index < -0.39 is 5.97 Å². The first-order valence-corrected chi connectivity index (χ1v) is 13.2. The van der Waals surface area contributed by atoms with Gasteiger partial charge in [-0.05, 0) is 58.8 Å². The average molecular weight is 523 g/mol. The van der Waals surface area contributed by atoms with Crippen LogP contribution in [-0.4, -0.2) is 11.1 Å². The maximum absolute atomic E-state index is 11.2. The minimum atomic E-state index is -1.22. The van der Waals surface area contributed by atoms with Crippen LogP contribution in [0.3, 0.4) is 0 Å².